The fourth-order valence-electron chi connectivity index (χ4n) is 1.81. The number of halogens is 3. The average molecular weight is 194 g/mol. The van der Waals surface area contributed by atoms with Crippen LogP contribution in [0, 0.1) is 11.8 Å². The summed E-state index contributed by atoms with van der Waals surface area (Å²) in [4.78, 5) is 1.53. The molecule has 1 nitrogen and oxygen atoms in total. The van der Waals surface area contributed by atoms with Gasteiger partial charge in [0.15, 0.2) is 0 Å². The zero-order chi connectivity index (χ0) is 10.1. The van der Waals surface area contributed by atoms with Crippen LogP contribution in [0.4, 0.5) is 12.9 Å². The van der Waals surface area contributed by atoms with Gasteiger partial charge in [0.05, 0.1) is 0 Å². The maximum absolute atomic E-state index is 12.1. The predicted octanol–water partition coefficient (Wildman–Crippen LogP) is 2.35. The number of nitrogens with zero attached hydrogens (tertiary/aromatic N) is 1. The Labute approximate surface area is 77.4 Å². The highest BCUT2D eigenvalue weighted by Crippen LogP contribution is 2.24. The largest absolute Gasteiger partial charge is 0.492 e. The highest BCUT2D eigenvalue weighted by molar-refractivity contribution is 6.58. The van der Waals surface area contributed by atoms with Crippen LogP contribution in [-0.2, 0) is 0 Å². The lowest BCUT2D eigenvalue weighted by Gasteiger charge is -2.37. The predicted molar refractivity (Wildman–Crippen MR) is 48.5 cm³/mol. The van der Waals surface area contributed by atoms with E-state index in [0.717, 1.165) is 6.42 Å². The molecule has 0 aliphatic carbocycles. The minimum Gasteiger partial charge on any atom is -0.448 e. The molecule has 0 spiro atoms. The van der Waals surface area contributed by atoms with Crippen LogP contribution in [0.2, 0.25) is 0 Å². The summed E-state index contributed by atoms with van der Waals surface area (Å²) in [5.41, 5.74) is 0. The Morgan fingerprint density at radius 1 is 1.23 bits per heavy atom. The van der Waals surface area contributed by atoms with Gasteiger partial charge in [-0.05, 0) is 37.8 Å². The van der Waals surface area contributed by atoms with Crippen LogP contribution in [0.1, 0.15) is 20.3 Å². The molecule has 78 valence electrons. The maximum atomic E-state index is 12.1. The third-order valence-electron chi connectivity index (χ3n) is 2.88. The number of hydrogen-bond donors (Lipinski definition) is 0. The highest BCUT2D eigenvalue weighted by atomic mass is 19.4. The van der Waals surface area contributed by atoms with Crippen molar-refractivity contribution in [2.24, 2.45) is 11.8 Å². The summed E-state index contributed by atoms with van der Waals surface area (Å²) in [5, 5.41) is 0. The Kier molecular flexibility index (Phi) is 3.27. The molecule has 0 N–H and O–H groups in total. The van der Waals surface area contributed by atoms with E-state index in [0.29, 0.717) is 24.9 Å². The molecule has 0 radical (unpaired) electrons. The van der Waals surface area contributed by atoms with Crippen molar-refractivity contribution in [3.63, 3.8) is 0 Å². The first-order chi connectivity index (χ1) is 5.88. The molecular formula is C8H16BF3N-. The molecule has 1 saturated heterocycles. The molecule has 0 amide bonds. The Morgan fingerprint density at radius 2 is 1.85 bits per heavy atom. The standard InChI is InChI=1S/C8H16BF3N/c1-7-3-4-13(5-8(7)2)6-9(10,11)12/h7-8H,3-6H2,1-2H3/q-1. The Balaban J connectivity index is 2.38. The van der Waals surface area contributed by atoms with Gasteiger partial charge in [-0.3, -0.25) is 0 Å². The summed E-state index contributed by atoms with van der Waals surface area (Å²) < 4.78 is 36.3. The van der Waals surface area contributed by atoms with Gasteiger partial charge in [0, 0.05) is 0 Å². The zero-order valence-electron chi connectivity index (χ0n) is 8.14. The summed E-state index contributed by atoms with van der Waals surface area (Å²) in [5.74, 6) is 0.962. The zero-order valence-corrected chi connectivity index (χ0v) is 8.14. The van der Waals surface area contributed by atoms with Crippen molar-refractivity contribution in [2.75, 3.05) is 19.5 Å². The van der Waals surface area contributed by atoms with Gasteiger partial charge >= 0.3 is 6.98 Å². The molecule has 1 aliphatic heterocycles. The average Bonchev–Trinajstić information content (AvgIpc) is 1.94. The van der Waals surface area contributed by atoms with E-state index in [-0.39, 0.29) is 0 Å². The molecule has 1 rings (SSSR count). The molecule has 0 aromatic carbocycles. The quantitative estimate of drug-likeness (QED) is 0.610. The van der Waals surface area contributed by atoms with E-state index in [1.165, 1.54) is 4.90 Å². The molecule has 1 fully saturated rings. The second-order valence-corrected chi connectivity index (χ2v) is 4.21. The van der Waals surface area contributed by atoms with E-state index < -0.39 is 13.4 Å². The lowest BCUT2D eigenvalue weighted by atomic mass is 9.84. The van der Waals surface area contributed by atoms with Crippen LogP contribution in [0.5, 0.6) is 0 Å². The van der Waals surface area contributed by atoms with Crippen molar-refractivity contribution in [3.05, 3.63) is 0 Å². The van der Waals surface area contributed by atoms with Crippen LogP contribution in [0.3, 0.4) is 0 Å². The van der Waals surface area contributed by atoms with Gasteiger partial charge in [-0.25, -0.2) is 0 Å². The summed E-state index contributed by atoms with van der Waals surface area (Å²) in [6.07, 6.45) is 0.213. The minimum absolute atomic E-state index is 0.395. The topological polar surface area (TPSA) is 3.24 Å². The van der Waals surface area contributed by atoms with Crippen LogP contribution < -0.4 is 0 Å². The highest BCUT2D eigenvalue weighted by Gasteiger charge is 2.30. The van der Waals surface area contributed by atoms with Crippen LogP contribution in [0.25, 0.3) is 0 Å². The summed E-state index contributed by atoms with van der Waals surface area (Å²) >= 11 is 0. The molecule has 0 aromatic rings. The number of hydrogen-bond acceptors (Lipinski definition) is 1. The Morgan fingerprint density at radius 3 is 2.31 bits per heavy atom. The van der Waals surface area contributed by atoms with Gasteiger partial charge in [0.2, 0.25) is 0 Å². The van der Waals surface area contributed by atoms with Gasteiger partial charge in [-0.15, -0.1) is 0 Å². The molecular weight excluding hydrogens is 178 g/mol. The SMILES string of the molecule is CC1CCN(C[B-](F)(F)F)CC1C. The maximum Gasteiger partial charge on any atom is 0.492 e. The molecule has 13 heavy (non-hydrogen) atoms. The summed E-state index contributed by atoms with van der Waals surface area (Å²) in [6.45, 7) is 0.704. The van der Waals surface area contributed by atoms with Crippen molar-refractivity contribution < 1.29 is 12.9 Å². The Hall–Kier alpha value is -0.185. The molecule has 0 aromatic heterocycles. The summed E-state index contributed by atoms with van der Waals surface area (Å²) in [6, 6.07) is 0. The normalized spacial score (nSPS) is 32.1. The van der Waals surface area contributed by atoms with Crippen molar-refractivity contribution in [3.8, 4) is 0 Å². The first kappa shape index (κ1) is 10.9. The molecule has 0 saturated carbocycles. The lowest BCUT2D eigenvalue weighted by molar-refractivity contribution is 0.146. The van der Waals surface area contributed by atoms with E-state index in [1.807, 2.05) is 6.92 Å². The number of likely N-dealkylation sites (tertiary alicyclic amines) is 1. The van der Waals surface area contributed by atoms with E-state index in [9.17, 15) is 12.9 Å². The monoisotopic (exact) mass is 194 g/mol. The first-order valence-corrected chi connectivity index (χ1v) is 4.82. The van der Waals surface area contributed by atoms with Gasteiger partial charge < -0.3 is 17.8 Å². The van der Waals surface area contributed by atoms with E-state index in [4.69, 9.17) is 0 Å². The molecule has 2 atom stereocenters. The minimum atomic E-state index is -4.64. The molecule has 0 bridgehead atoms. The van der Waals surface area contributed by atoms with E-state index in [2.05, 4.69) is 6.92 Å². The first-order valence-electron chi connectivity index (χ1n) is 4.82. The Bertz CT molecular complexity index is 171. The smallest absolute Gasteiger partial charge is 0.448 e. The second kappa shape index (κ2) is 3.90. The summed E-state index contributed by atoms with van der Waals surface area (Å²) in [7, 11) is 0. The van der Waals surface area contributed by atoms with Crippen molar-refractivity contribution in [1.82, 2.24) is 4.90 Å². The number of rotatable bonds is 2. The molecule has 1 aliphatic rings. The van der Waals surface area contributed by atoms with E-state index in [1.54, 1.807) is 0 Å². The fraction of sp³-hybridized carbons (Fsp3) is 1.00. The van der Waals surface area contributed by atoms with Crippen molar-refractivity contribution in [2.45, 2.75) is 20.3 Å². The molecule has 5 heteroatoms. The van der Waals surface area contributed by atoms with Crippen LogP contribution in [0.15, 0.2) is 0 Å². The third kappa shape index (κ3) is 3.59. The lowest BCUT2D eigenvalue weighted by Crippen LogP contribution is -2.45. The van der Waals surface area contributed by atoms with E-state index >= 15 is 0 Å². The fourth-order valence-corrected chi connectivity index (χ4v) is 1.81. The third-order valence-corrected chi connectivity index (χ3v) is 2.88. The van der Waals surface area contributed by atoms with Crippen molar-refractivity contribution >= 4 is 6.98 Å². The van der Waals surface area contributed by atoms with Gasteiger partial charge in [-0.1, -0.05) is 13.8 Å². The molecule has 1 heterocycles. The van der Waals surface area contributed by atoms with Gasteiger partial charge in [-0.2, -0.15) is 0 Å². The second-order valence-electron chi connectivity index (χ2n) is 4.21. The van der Waals surface area contributed by atoms with Crippen molar-refractivity contribution in [1.29, 1.82) is 0 Å². The van der Waals surface area contributed by atoms with Crippen LogP contribution >= 0.6 is 0 Å². The number of piperidine rings is 1. The van der Waals surface area contributed by atoms with Gasteiger partial charge in [0.1, 0.15) is 0 Å². The van der Waals surface area contributed by atoms with Crippen LogP contribution in [-0.4, -0.2) is 31.4 Å². The molecule has 2 unspecified atom stereocenters. The van der Waals surface area contributed by atoms with Gasteiger partial charge in [0.25, 0.3) is 0 Å².